The second kappa shape index (κ2) is 8.41. The van der Waals surface area contributed by atoms with Crippen LogP contribution in [0.4, 0.5) is 5.82 Å². The Labute approximate surface area is 149 Å². The van der Waals surface area contributed by atoms with E-state index in [1.165, 1.54) is 0 Å². The second-order valence-electron chi connectivity index (χ2n) is 5.70. The lowest BCUT2D eigenvalue weighted by Gasteiger charge is -2.11. The molecule has 1 aromatic heterocycles. The van der Waals surface area contributed by atoms with Crippen LogP contribution in [0.3, 0.4) is 0 Å². The molecule has 1 aliphatic heterocycles. The fraction of sp³-hybridized carbons (Fsp3) is 0.412. The highest BCUT2D eigenvalue weighted by Gasteiger charge is 2.16. The van der Waals surface area contributed by atoms with Crippen LogP contribution < -0.4 is 5.32 Å². The number of carbonyl (C=O) groups is 1. The number of ether oxygens (including phenoxy) is 2. The molecule has 1 unspecified atom stereocenters. The minimum absolute atomic E-state index is 0.0172. The molecule has 0 saturated carbocycles. The number of benzene rings is 1. The molecule has 2 aromatic rings. The molecule has 1 aliphatic rings. The largest absolute Gasteiger partial charge is 0.376 e. The highest BCUT2D eigenvalue weighted by atomic mass is 79.9. The van der Waals surface area contributed by atoms with Crippen molar-refractivity contribution >= 4 is 27.7 Å². The van der Waals surface area contributed by atoms with Crippen LogP contribution in [0.25, 0.3) is 0 Å². The van der Waals surface area contributed by atoms with Gasteiger partial charge < -0.3 is 14.8 Å². The zero-order valence-corrected chi connectivity index (χ0v) is 14.9. The summed E-state index contributed by atoms with van der Waals surface area (Å²) in [6.07, 6.45) is 3.86. The zero-order chi connectivity index (χ0) is 16.8. The molecule has 1 atom stereocenters. The Morgan fingerprint density at radius 3 is 2.96 bits per heavy atom. The van der Waals surface area contributed by atoms with Gasteiger partial charge in [0.1, 0.15) is 12.4 Å². The summed E-state index contributed by atoms with van der Waals surface area (Å²) in [6, 6.07) is 9.77. The molecule has 0 bridgehead atoms. The number of rotatable bonds is 7. The van der Waals surface area contributed by atoms with Gasteiger partial charge in [-0.15, -0.1) is 0 Å². The van der Waals surface area contributed by atoms with Crippen molar-refractivity contribution in [2.45, 2.75) is 25.5 Å². The minimum Gasteiger partial charge on any atom is -0.376 e. The van der Waals surface area contributed by atoms with E-state index in [-0.39, 0.29) is 18.6 Å². The Kier molecular flexibility index (Phi) is 6.01. The molecule has 3 rings (SSSR count). The van der Waals surface area contributed by atoms with Crippen molar-refractivity contribution in [1.29, 1.82) is 0 Å². The SMILES string of the molecule is O=C(COCC1CCCO1)Nc1ccnn1Cc1ccc(Br)cc1. The maximum absolute atomic E-state index is 12.0. The van der Waals surface area contributed by atoms with Gasteiger partial charge >= 0.3 is 0 Å². The van der Waals surface area contributed by atoms with Crippen molar-refractivity contribution in [3.63, 3.8) is 0 Å². The van der Waals surface area contributed by atoms with Crippen molar-refractivity contribution in [2.75, 3.05) is 25.1 Å². The maximum Gasteiger partial charge on any atom is 0.251 e. The normalized spacial score (nSPS) is 17.1. The first-order chi connectivity index (χ1) is 11.7. The average Bonchev–Trinajstić information content (AvgIpc) is 3.22. The van der Waals surface area contributed by atoms with Crippen LogP contribution in [0.1, 0.15) is 18.4 Å². The van der Waals surface area contributed by atoms with Crippen molar-refractivity contribution in [2.24, 2.45) is 0 Å². The van der Waals surface area contributed by atoms with Gasteiger partial charge in [0.25, 0.3) is 5.91 Å². The van der Waals surface area contributed by atoms with Crippen molar-refractivity contribution in [3.05, 3.63) is 46.6 Å². The molecular weight excluding hydrogens is 374 g/mol. The average molecular weight is 394 g/mol. The van der Waals surface area contributed by atoms with Gasteiger partial charge in [-0.25, -0.2) is 4.68 Å². The van der Waals surface area contributed by atoms with Gasteiger partial charge in [0.15, 0.2) is 0 Å². The summed E-state index contributed by atoms with van der Waals surface area (Å²) >= 11 is 3.42. The molecule has 1 aromatic carbocycles. The maximum atomic E-state index is 12.0. The van der Waals surface area contributed by atoms with Crippen LogP contribution in [0.15, 0.2) is 41.0 Å². The van der Waals surface area contributed by atoms with Crippen LogP contribution in [-0.2, 0) is 20.8 Å². The number of hydrogen-bond acceptors (Lipinski definition) is 4. The lowest BCUT2D eigenvalue weighted by molar-refractivity contribution is -0.121. The molecule has 6 nitrogen and oxygen atoms in total. The molecule has 0 spiro atoms. The van der Waals surface area contributed by atoms with Crippen LogP contribution in [0.5, 0.6) is 0 Å². The summed E-state index contributed by atoms with van der Waals surface area (Å²) in [7, 11) is 0. The molecule has 1 fully saturated rings. The lowest BCUT2D eigenvalue weighted by atomic mass is 10.2. The van der Waals surface area contributed by atoms with E-state index in [2.05, 4.69) is 26.3 Å². The van der Waals surface area contributed by atoms with Gasteiger partial charge in [0.05, 0.1) is 25.5 Å². The Hall–Kier alpha value is -1.70. The molecule has 1 N–H and O–H groups in total. The molecule has 1 amide bonds. The fourth-order valence-electron chi connectivity index (χ4n) is 2.57. The highest BCUT2D eigenvalue weighted by Crippen LogP contribution is 2.14. The number of carbonyl (C=O) groups excluding carboxylic acids is 1. The number of anilines is 1. The van der Waals surface area contributed by atoms with E-state index >= 15 is 0 Å². The third-order valence-electron chi connectivity index (χ3n) is 3.79. The van der Waals surface area contributed by atoms with Gasteiger partial charge in [-0.05, 0) is 30.5 Å². The summed E-state index contributed by atoms with van der Waals surface area (Å²) in [4.78, 5) is 12.0. The number of nitrogens with one attached hydrogen (secondary N) is 1. The standard InChI is InChI=1S/C17H20BrN3O3/c18-14-5-3-13(4-6-14)10-21-16(7-8-19-21)20-17(22)12-23-11-15-2-1-9-24-15/h3-8,15H,1-2,9-12H2,(H,20,22). The van der Waals surface area contributed by atoms with Crippen LogP contribution in [-0.4, -0.2) is 41.6 Å². The molecule has 0 aliphatic carbocycles. The molecule has 7 heteroatoms. The minimum atomic E-state index is -0.189. The van der Waals surface area contributed by atoms with Gasteiger partial charge in [-0.3, -0.25) is 4.79 Å². The van der Waals surface area contributed by atoms with Crippen molar-refractivity contribution in [1.82, 2.24) is 9.78 Å². The Morgan fingerprint density at radius 2 is 2.21 bits per heavy atom. The van der Waals surface area contributed by atoms with E-state index < -0.39 is 0 Å². The van der Waals surface area contributed by atoms with E-state index in [9.17, 15) is 4.79 Å². The van der Waals surface area contributed by atoms with E-state index in [1.807, 2.05) is 24.3 Å². The number of nitrogens with zero attached hydrogens (tertiary/aromatic N) is 2. The van der Waals surface area contributed by atoms with E-state index in [0.29, 0.717) is 19.0 Å². The monoisotopic (exact) mass is 393 g/mol. The summed E-state index contributed by atoms with van der Waals surface area (Å²) in [5.74, 6) is 0.467. The summed E-state index contributed by atoms with van der Waals surface area (Å²) in [5.41, 5.74) is 1.10. The topological polar surface area (TPSA) is 65.4 Å². The number of aromatic nitrogens is 2. The molecule has 0 radical (unpaired) electrons. The first-order valence-electron chi connectivity index (χ1n) is 7.96. The quantitative estimate of drug-likeness (QED) is 0.785. The second-order valence-corrected chi connectivity index (χ2v) is 6.61. The van der Waals surface area contributed by atoms with Crippen molar-refractivity contribution in [3.8, 4) is 0 Å². The number of amides is 1. The molecule has 1 saturated heterocycles. The molecule has 128 valence electrons. The van der Waals surface area contributed by atoms with Gasteiger partial charge in [-0.2, -0.15) is 5.10 Å². The highest BCUT2D eigenvalue weighted by molar-refractivity contribution is 9.10. The zero-order valence-electron chi connectivity index (χ0n) is 13.3. The van der Waals surface area contributed by atoms with Gasteiger partial charge in [0, 0.05) is 17.1 Å². The molecular formula is C17H20BrN3O3. The predicted molar refractivity (Wildman–Crippen MR) is 93.9 cm³/mol. The molecule has 2 heterocycles. The summed E-state index contributed by atoms with van der Waals surface area (Å²) in [5, 5.41) is 7.09. The molecule has 24 heavy (non-hydrogen) atoms. The van der Waals surface area contributed by atoms with Crippen LogP contribution in [0, 0.1) is 0 Å². The van der Waals surface area contributed by atoms with Gasteiger partial charge in [-0.1, -0.05) is 28.1 Å². The summed E-state index contributed by atoms with van der Waals surface area (Å²) < 4.78 is 13.7. The first kappa shape index (κ1) is 17.1. The Morgan fingerprint density at radius 1 is 1.38 bits per heavy atom. The summed E-state index contributed by atoms with van der Waals surface area (Å²) in [6.45, 7) is 1.86. The Bertz CT molecular complexity index is 666. The smallest absolute Gasteiger partial charge is 0.251 e. The fourth-order valence-corrected chi connectivity index (χ4v) is 2.83. The van der Waals surface area contributed by atoms with Crippen LogP contribution >= 0.6 is 15.9 Å². The Balaban J connectivity index is 1.49. The third-order valence-corrected chi connectivity index (χ3v) is 4.32. The van der Waals surface area contributed by atoms with E-state index in [4.69, 9.17) is 9.47 Å². The van der Waals surface area contributed by atoms with E-state index in [1.54, 1.807) is 16.9 Å². The van der Waals surface area contributed by atoms with E-state index in [0.717, 1.165) is 29.5 Å². The van der Waals surface area contributed by atoms with Crippen LogP contribution in [0.2, 0.25) is 0 Å². The first-order valence-corrected chi connectivity index (χ1v) is 8.75. The number of halogens is 1. The predicted octanol–water partition coefficient (Wildman–Crippen LogP) is 2.83. The van der Waals surface area contributed by atoms with Crippen molar-refractivity contribution < 1.29 is 14.3 Å². The third kappa shape index (κ3) is 4.90. The van der Waals surface area contributed by atoms with Gasteiger partial charge in [0.2, 0.25) is 0 Å². The number of hydrogen-bond donors (Lipinski definition) is 1. The lowest BCUT2D eigenvalue weighted by Crippen LogP contribution is -2.23.